The maximum absolute atomic E-state index is 12.8. The standard InChI is InChI=1S/C22H25NOS/c1-13-19-16(12-17-20(19)22(17,2)3)21(25-13)18(24)11-8-14-6-9-15(10-7-14)23(4)5/h6-11,17,20H,12H2,1-5H3/b11-8+/t17-,20-/m1/s1. The molecular formula is C22H25NOS. The van der Waals surface area contributed by atoms with Crippen LogP contribution in [0.3, 0.4) is 0 Å². The van der Waals surface area contributed by atoms with Crippen LogP contribution in [0.2, 0.25) is 0 Å². The number of hydrogen-bond acceptors (Lipinski definition) is 3. The monoisotopic (exact) mass is 351 g/mol. The molecular weight excluding hydrogens is 326 g/mol. The van der Waals surface area contributed by atoms with E-state index in [0.717, 1.165) is 28.5 Å². The predicted molar refractivity (Wildman–Crippen MR) is 107 cm³/mol. The number of ketones is 1. The van der Waals surface area contributed by atoms with E-state index in [1.54, 1.807) is 17.4 Å². The van der Waals surface area contributed by atoms with Crippen LogP contribution in [0.1, 0.15) is 51.0 Å². The predicted octanol–water partition coefficient (Wildman–Crippen LogP) is 5.31. The number of nitrogens with zero attached hydrogens (tertiary/aromatic N) is 1. The molecule has 130 valence electrons. The van der Waals surface area contributed by atoms with Crippen LogP contribution in [0.15, 0.2) is 30.3 Å². The molecule has 2 aromatic rings. The number of rotatable bonds is 4. The SMILES string of the molecule is Cc1sc(C(=O)/C=C/c2ccc(N(C)C)cc2)c2c1[C@H]1[C@@H](C2)C1(C)C. The Balaban J connectivity index is 1.55. The van der Waals surface area contributed by atoms with Crippen LogP contribution >= 0.6 is 11.3 Å². The van der Waals surface area contributed by atoms with Gasteiger partial charge in [-0.2, -0.15) is 0 Å². The molecule has 2 aliphatic carbocycles. The summed E-state index contributed by atoms with van der Waals surface area (Å²) in [6.45, 7) is 6.91. The molecule has 0 saturated heterocycles. The number of fused-ring (bicyclic) bond motifs is 3. The van der Waals surface area contributed by atoms with Gasteiger partial charge in [-0.05, 0) is 65.5 Å². The third kappa shape index (κ3) is 2.56. The van der Waals surface area contributed by atoms with E-state index < -0.39 is 0 Å². The summed E-state index contributed by atoms with van der Waals surface area (Å²) >= 11 is 1.69. The van der Waals surface area contributed by atoms with Gasteiger partial charge in [0.1, 0.15) is 0 Å². The molecule has 1 aromatic heterocycles. The van der Waals surface area contributed by atoms with E-state index in [1.165, 1.54) is 16.0 Å². The smallest absolute Gasteiger partial charge is 0.196 e. The van der Waals surface area contributed by atoms with Gasteiger partial charge >= 0.3 is 0 Å². The lowest BCUT2D eigenvalue weighted by Crippen LogP contribution is -2.07. The number of hydrogen-bond donors (Lipinski definition) is 0. The van der Waals surface area contributed by atoms with Crippen LogP contribution in [-0.4, -0.2) is 19.9 Å². The van der Waals surface area contributed by atoms with Gasteiger partial charge in [-0.15, -0.1) is 11.3 Å². The summed E-state index contributed by atoms with van der Waals surface area (Å²) in [5, 5.41) is 0. The molecule has 1 heterocycles. The largest absolute Gasteiger partial charge is 0.378 e. The van der Waals surface area contributed by atoms with E-state index in [1.807, 2.05) is 20.2 Å². The first-order chi connectivity index (χ1) is 11.8. The van der Waals surface area contributed by atoms with Gasteiger partial charge in [0, 0.05) is 24.7 Å². The highest BCUT2D eigenvalue weighted by molar-refractivity contribution is 7.14. The zero-order valence-electron chi connectivity index (χ0n) is 15.6. The number of aryl methyl sites for hydroxylation is 1. The maximum Gasteiger partial charge on any atom is 0.196 e. The van der Waals surface area contributed by atoms with Crippen molar-refractivity contribution >= 4 is 28.9 Å². The molecule has 0 bridgehead atoms. The fourth-order valence-electron chi connectivity index (χ4n) is 4.46. The lowest BCUT2D eigenvalue weighted by Gasteiger charge is -2.11. The summed E-state index contributed by atoms with van der Waals surface area (Å²) in [6, 6.07) is 8.27. The van der Waals surface area contributed by atoms with E-state index in [0.29, 0.717) is 11.3 Å². The molecule has 25 heavy (non-hydrogen) atoms. The summed E-state index contributed by atoms with van der Waals surface area (Å²) in [4.78, 5) is 17.2. The van der Waals surface area contributed by atoms with Gasteiger partial charge < -0.3 is 4.90 Å². The minimum Gasteiger partial charge on any atom is -0.378 e. The molecule has 0 spiro atoms. The van der Waals surface area contributed by atoms with Crippen LogP contribution in [-0.2, 0) is 6.42 Å². The number of benzene rings is 1. The average molecular weight is 352 g/mol. The number of carbonyl (C=O) groups is 1. The van der Waals surface area contributed by atoms with Crippen molar-refractivity contribution in [1.82, 2.24) is 0 Å². The number of allylic oxidation sites excluding steroid dienone is 1. The maximum atomic E-state index is 12.8. The van der Waals surface area contributed by atoms with Crippen LogP contribution in [0.4, 0.5) is 5.69 Å². The van der Waals surface area contributed by atoms with Crippen molar-refractivity contribution in [2.24, 2.45) is 11.3 Å². The highest BCUT2D eigenvalue weighted by Crippen LogP contribution is 2.71. The van der Waals surface area contributed by atoms with Gasteiger partial charge in [-0.3, -0.25) is 4.79 Å². The second kappa shape index (κ2) is 5.57. The summed E-state index contributed by atoms with van der Waals surface area (Å²) < 4.78 is 0. The van der Waals surface area contributed by atoms with E-state index in [4.69, 9.17) is 0 Å². The highest BCUT2D eigenvalue weighted by atomic mass is 32.1. The topological polar surface area (TPSA) is 20.3 Å². The van der Waals surface area contributed by atoms with Gasteiger partial charge in [-0.25, -0.2) is 0 Å². The molecule has 4 rings (SSSR count). The lowest BCUT2D eigenvalue weighted by atomic mass is 9.94. The number of carbonyl (C=O) groups excluding carboxylic acids is 1. The van der Waals surface area contributed by atoms with Gasteiger partial charge in [0.2, 0.25) is 0 Å². The first-order valence-electron chi connectivity index (χ1n) is 8.92. The Hall–Kier alpha value is -1.87. The fraction of sp³-hybridized carbons (Fsp3) is 0.409. The van der Waals surface area contributed by atoms with E-state index in [2.05, 4.69) is 49.9 Å². The van der Waals surface area contributed by atoms with Crippen LogP contribution in [0.25, 0.3) is 6.08 Å². The summed E-state index contributed by atoms with van der Waals surface area (Å²) in [7, 11) is 4.06. The molecule has 3 heteroatoms. The highest BCUT2D eigenvalue weighted by Gasteiger charge is 2.63. The molecule has 2 aliphatic rings. The van der Waals surface area contributed by atoms with Crippen molar-refractivity contribution < 1.29 is 4.79 Å². The van der Waals surface area contributed by atoms with Crippen molar-refractivity contribution in [3.05, 3.63) is 56.8 Å². The van der Waals surface area contributed by atoms with E-state index in [-0.39, 0.29) is 5.78 Å². The Morgan fingerprint density at radius 1 is 1.24 bits per heavy atom. The number of thiophene rings is 1. The van der Waals surface area contributed by atoms with Crippen LogP contribution < -0.4 is 4.90 Å². The van der Waals surface area contributed by atoms with Gasteiger partial charge in [0.25, 0.3) is 0 Å². The molecule has 1 fully saturated rings. The summed E-state index contributed by atoms with van der Waals surface area (Å²) in [5.74, 6) is 1.59. The first kappa shape index (κ1) is 16.6. The number of anilines is 1. The summed E-state index contributed by atoms with van der Waals surface area (Å²) in [5.41, 5.74) is 5.50. The zero-order chi connectivity index (χ0) is 17.9. The van der Waals surface area contributed by atoms with Gasteiger partial charge in [0.05, 0.1) is 4.88 Å². The van der Waals surface area contributed by atoms with Crippen molar-refractivity contribution in [2.45, 2.75) is 33.1 Å². The third-order valence-corrected chi connectivity index (χ3v) is 7.26. The summed E-state index contributed by atoms with van der Waals surface area (Å²) in [6.07, 6.45) is 4.76. The molecule has 0 radical (unpaired) electrons. The van der Waals surface area contributed by atoms with Crippen LogP contribution in [0.5, 0.6) is 0 Å². The van der Waals surface area contributed by atoms with Crippen molar-refractivity contribution in [3.8, 4) is 0 Å². The first-order valence-corrected chi connectivity index (χ1v) is 9.74. The molecule has 1 aromatic carbocycles. The Labute approximate surface area is 154 Å². The Kier molecular flexibility index (Phi) is 3.69. The van der Waals surface area contributed by atoms with Crippen LogP contribution in [0, 0.1) is 18.3 Å². The van der Waals surface area contributed by atoms with E-state index in [9.17, 15) is 4.79 Å². The quantitative estimate of drug-likeness (QED) is 0.549. The molecule has 0 unspecified atom stereocenters. The molecule has 0 amide bonds. The normalized spacial score (nSPS) is 22.8. The minimum atomic E-state index is 0.158. The molecule has 1 saturated carbocycles. The van der Waals surface area contributed by atoms with Crippen molar-refractivity contribution in [1.29, 1.82) is 0 Å². The van der Waals surface area contributed by atoms with Crippen molar-refractivity contribution in [3.63, 3.8) is 0 Å². The minimum absolute atomic E-state index is 0.158. The lowest BCUT2D eigenvalue weighted by molar-refractivity contribution is 0.105. The molecule has 0 aliphatic heterocycles. The van der Waals surface area contributed by atoms with Crippen molar-refractivity contribution in [2.75, 3.05) is 19.0 Å². The Morgan fingerprint density at radius 3 is 2.56 bits per heavy atom. The zero-order valence-corrected chi connectivity index (χ0v) is 16.4. The fourth-order valence-corrected chi connectivity index (χ4v) is 5.61. The average Bonchev–Trinajstić information content (AvgIpc) is 2.93. The molecule has 2 nitrogen and oxygen atoms in total. The second-order valence-electron chi connectivity index (χ2n) is 8.17. The Morgan fingerprint density at radius 2 is 1.92 bits per heavy atom. The molecule has 2 atom stereocenters. The third-order valence-electron chi connectivity index (χ3n) is 6.08. The van der Waals surface area contributed by atoms with E-state index >= 15 is 0 Å². The van der Waals surface area contributed by atoms with Gasteiger partial charge in [0.15, 0.2) is 5.78 Å². The Bertz CT molecular complexity index is 870. The second-order valence-corrected chi connectivity index (χ2v) is 9.40. The molecule has 0 N–H and O–H groups in total. The van der Waals surface area contributed by atoms with Gasteiger partial charge in [-0.1, -0.05) is 32.1 Å².